The molecule has 0 spiro atoms. The van der Waals surface area contributed by atoms with Gasteiger partial charge in [-0.1, -0.05) is 19.9 Å². The van der Waals surface area contributed by atoms with Gasteiger partial charge in [-0.3, -0.25) is 10.1 Å². The molecule has 0 amide bonds. The number of hydrogen-bond donors (Lipinski definition) is 1. The Bertz CT molecular complexity index is 488. The Labute approximate surface area is 118 Å². The molecule has 19 heavy (non-hydrogen) atoms. The van der Waals surface area contributed by atoms with Crippen LogP contribution in [0.25, 0.3) is 0 Å². The summed E-state index contributed by atoms with van der Waals surface area (Å²) in [6.45, 7) is 6.30. The van der Waals surface area contributed by atoms with Gasteiger partial charge in [0.1, 0.15) is 0 Å². The zero-order valence-electron chi connectivity index (χ0n) is 11.6. The lowest BCUT2D eigenvalue weighted by molar-refractivity contribution is -0.385. The molecule has 1 atom stereocenters. The van der Waals surface area contributed by atoms with E-state index in [4.69, 9.17) is 0 Å². The predicted octanol–water partition coefficient (Wildman–Crippen LogP) is 3.85. The first-order valence-corrected chi connectivity index (χ1v) is 7.62. The van der Waals surface area contributed by atoms with Gasteiger partial charge in [0.2, 0.25) is 0 Å². The molecule has 1 fully saturated rings. The van der Waals surface area contributed by atoms with E-state index >= 15 is 0 Å². The molecular weight excluding hydrogens is 260 g/mol. The third-order valence-corrected chi connectivity index (χ3v) is 5.01. The number of thioether (sulfide) groups is 1. The van der Waals surface area contributed by atoms with Gasteiger partial charge < -0.3 is 5.32 Å². The SMILES string of the molecule is Cc1ccc(NC2CSCC(C)(C)C2)cc1[N+](=O)[O-]. The smallest absolute Gasteiger partial charge is 0.274 e. The van der Waals surface area contributed by atoms with E-state index in [2.05, 4.69) is 19.2 Å². The molecule has 1 unspecified atom stereocenters. The number of nitrogens with zero attached hydrogens (tertiary/aromatic N) is 1. The van der Waals surface area contributed by atoms with Crippen LogP contribution in [-0.4, -0.2) is 22.5 Å². The number of benzene rings is 1. The van der Waals surface area contributed by atoms with E-state index in [0.29, 0.717) is 17.0 Å². The topological polar surface area (TPSA) is 55.2 Å². The number of nitro benzene ring substituents is 1. The Balaban J connectivity index is 2.11. The molecule has 1 aliphatic heterocycles. The summed E-state index contributed by atoms with van der Waals surface area (Å²) in [5.74, 6) is 2.24. The summed E-state index contributed by atoms with van der Waals surface area (Å²) in [6.07, 6.45) is 1.10. The van der Waals surface area contributed by atoms with E-state index in [9.17, 15) is 10.1 Å². The van der Waals surface area contributed by atoms with Crippen molar-refractivity contribution in [3.05, 3.63) is 33.9 Å². The molecule has 1 aromatic rings. The van der Waals surface area contributed by atoms with Gasteiger partial charge in [0, 0.05) is 29.1 Å². The summed E-state index contributed by atoms with van der Waals surface area (Å²) in [6, 6.07) is 5.76. The van der Waals surface area contributed by atoms with Crippen LogP contribution in [0.5, 0.6) is 0 Å². The molecule has 0 bridgehead atoms. The van der Waals surface area contributed by atoms with Crippen LogP contribution in [0.1, 0.15) is 25.8 Å². The second-order valence-electron chi connectivity index (χ2n) is 5.98. The van der Waals surface area contributed by atoms with Crippen LogP contribution in [0, 0.1) is 22.5 Å². The maximum absolute atomic E-state index is 10.9. The first kappa shape index (κ1) is 14.2. The quantitative estimate of drug-likeness (QED) is 0.675. The van der Waals surface area contributed by atoms with E-state index < -0.39 is 0 Å². The Morgan fingerprint density at radius 2 is 2.21 bits per heavy atom. The second kappa shape index (κ2) is 5.41. The summed E-state index contributed by atoms with van der Waals surface area (Å²) in [7, 11) is 0. The van der Waals surface area contributed by atoms with Gasteiger partial charge in [-0.05, 0) is 30.6 Å². The summed E-state index contributed by atoms with van der Waals surface area (Å²) in [4.78, 5) is 10.6. The van der Waals surface area contributed by atoms with Crippen LogP contribution in [0.4, 0.5) is 11.4 Å². The van der Waals surface area contributed by atoms with Gasteiger partial charge >= 0.3 is 0 Å². The maximum atomic E-state index is 10.9. The van der Waals surface area contributed by atoms with Crippen molar-refractivity contribution < 1.29 is 4.92 Å². The van der Waals surface area contributed by atoms with Crippen molar-refractivity contribution >= 4 is 23.1 Å². The van der Waals surface area contributed by atoms with Gasteiger partial charge in [0.25, 0.3) is 5.69 Å². The average Bonchev–Trinajstić information content (AvgIpc) is 2.30. The van der Waals surface area contributed by atoms with Crippen molar-refractivity contribution in [1.82, 2.24) is 0 Å². The predicted molar refractivity (Wildman–Crippen MR) is 81.0 cm³/mol. The fraction of sp³-hybridized carbons (Fsp3) is 0.571. The van der Waals surface area contributed by atoms with Gasteiger partial charge in [-0.2, -0.15) is 11.8 Å². The second-order valence-corrected chi connectivity index (χ2v) is 7.01. The molecule has 0 radical (unpaired) electrons. The van der Waals surface area contributed by atoms with Crippen LogP contribution in [0.15, 0.2) is 18.2 Å². The van der Waals surface area contributed by atoms with Crippen LogP contribution in [0.2, 0.25) is 0 Å². The van der Waals surface area contributed by atoms with E-state index in [0.717, 1.165) is 17.9 Å². The minimum absolute atomic E-state index is 0.188. The van der Waals surface area contributed by atoms with Gasteiger partial charge in [-0.25, -0.2) is 0 Å². The highest BCUT2D eigenvalue weighted by Crippen LogP contribution is 2.35. The molecule has 0 saturated carbocycles. The Hall–Kier alpha value is -1.23. The Morgan fingerprint density at radius 3 is 2.84 bits per heavy atom. The Kier molecular flexibility index (Phi) is 4.04. The third-order valence-electron chi connectivity index (χ3n) is 3.39. The lowest BCUT2D eigenvalue weighted by atomic mass is 9.88. The van der Waals surface area contributed by atoms with Crippen LogP contribution in [-0.2, 0) is 0 Å². The molecule has 1 aliphatic rings. The summed E-state index contributed by atoms with van der Waals surface area (Å²) < 4.78 is 0. The number of nitrogens with one attached hydrogen (secondary N) is 1. The number of anilines is 1. The number of hydrogen-bond acceptors (Lipinski definition) is 4. The van der Waals surface area contributed by atoms with Crippen molar-refractivity contribution in [1.29, 1.82) is 0 Å². The third kappa shape index (κ3) is 3.62. The van der Waals surface area contributed by atoms with E-state index in [1.165, 1.54) is 5.75 Å². The highest BCUT2D eigenvalue weighted by atomic mass is 32.2. The fourth-order valence-electron chi connectivity index (χ4n) is 2.49. The molecule has 0 aromatic heterocycles. The average molecular weight is 280 g/mol. The van der Waals surface area contributed by atoms with Crippen LogP contribution >= 0.6 is 11.8 Å². The van der Waals surface area contributed by atoms with Crippen molar-refractivity contribution in [2.45, 2.75) is 33.2 Å². The van der Waals surface area contributed by atoms with Gasteiger partial charge in [-0.15, -0.1) is 0 Å². The molecule has 5 heteroatoms. The largest absolute Gasteiger partial charge is 0.381 e. The zero-order valence-corrected chi connectivity index (χ0v) is 12.4. The maximum Gasteiger partial charge on any atom is 0.274 e. The minimum Gasteiger partial charge on any atom is -0.381 e. The summed E-state index contributed by atoms with van der Waals surface area (Å²) in [5, 5.41) is 14.4. The molecule has 0 aliphatic carbocycles. The molecular formula is C14H20N2O2S. The molecule has 1 saturated heterocycles. The highest BCUT2D eigenvalue weighted by molar-refractivity contribution is 7.99. The highest BCUT2D eigenvalue weighted by Gasteiger charge is 2.28. The Morgan fingerprint density at radius 1 is 1.47 bits per heavy atom. The summed E-state index contributed by atoms with van der Waals surface area (Å²) >= 11 is 1.95. The molecule has 1 heterocycles. The van der Waals surface area contributed by atoms with Crippen molar-refractivity contribution in [2.75, 3.05) is 16.8 Å². The minimum atomic E-state index is -0.319. The standard InChI is InChI=1S/C14H20N2O2S/c1-10-4-5-11(6-13(10)16(17)18)15-12-7-14(2,3)9-19-8-12/h4-6,12,15H,7-9H2,1-3H3. The fourth-order valence-corrected chi connectivity index (χ4v) is 3.76. The van der Waals surface area contributed by atoms with Gasteiger partial charge in [0.05, 0.1) is 4.92 Å². The van der Waals surface area contributed by atoms with Gasteiger partial charge in [0.15, 0.2) is 0 Å². The lowest BCUT2D eigenvalue weighted by Crippen LogP contribution is -2.35. The molecule has 2 rings (SSSR count). The molecule has 104 valence electrons. The van der Waals surface area contributed by atoms with Crippen molar-refractivity contribution in [2.24, 2.45) is 5.41 Å². The number of rotatable bonds is 3. The molecule has 1 aromatic carbocycles. The number of aryl methyl sites for hydroxylation is 1. The van der Waals surface area contributed by atoms with E-state index in [-0.39, 0.29) is 10.6 Å². The number of nitro groups is 1. The molecule has 1 N–H and O–H groups in total. The first-order chi connectivity index (χ1) is 8.87. The zero-order chi connectivity index (χ0) is 14.0. The summed E-state index contributed by atoms with van der Waals surface area (Å²) in [5.41, 5.74) is 2.07. The lowest BCUT2D eigenvalue weighted by Gasteiger charge is -2.35. The molecule has 4 nitrogen and oxygen atoms in total. The van der Waals surface area contributed by atoms with Crippen LogP contribution in [0.3, 0.4) is 0 Å². The van der Waals surface area contributed by atoms with Crippen LogP contribution < -0.4 is 5.32 Å². The van der Waals surface area contributed by atoms with Crippen molar-refractivity contribution in [3.8, 4) is 0 Å². The monoisotopic (exact) mass is 280 g/mol. The van der Waals surface area contributed by atoms with E-state index in [1.54, 1.807) is 13.0 Å². The van der Waals surface area contributed by atoms with Crippen molar-refractivity contribution in [3.63, 3.8) is 0 Å². The van der Waals surface area contributed by atoms with E-state index in [1.807, 2.05) is 23.9 Å². The normalized spacial score (nSPS) is 21.9. The first-order valence-electron chi connectivity index (χ1n) is 6.47.